The minimum absolute atomic E-state index is 0.00985. The molecule has 0 radical (unpaired) electrons. The van der Waals surface area contributed by atoms with E-state index in [1.165, 1.54) is 16.0 Å². The highest BCUT2D eigenvalue weighted by Crippen LogP contribution is 2.33. The van der Waals surface area contributed by atoms with Crippen molar-refractivity contribution in [3.8, 4) is 22.1 Å². The van der Waals surface area contributed by atoms with Crippen molar-refractivity contribution in [1.82, 2.24) is 25.2 Å². The van der Waals surface area contributed by atoms with E-state index in [2.05, 4.69) is 20.5 Å². The second kappa shape index (κ2) is 10.0. The number of tetrazole rings is 1. The maximum absolute atomic E-state index is 12.9. The summed E-state index contributed by atoms with van der Waals surface area (Å²) in [6.07, 6.45) is 1.68. The third kappa shape index (κ3) is 5.07. The fourth-order valence-electron chi connectivity index (χ4n) is 3.06. The van der Waals surface area contributed by atoms with Gasteiger partial charge in [-0.2, -0.15) is 4.68 Å². The fourth-order valence-corrected chi connectivity index (χ4v) is 3.86. The van der Waals surface area contributed by atoms with Crippen LogP contribution in [0.2, 0.25) is 0 Å². The lowest BCUT2D eigenvalue weighted by atomic mass is 10.2. The van der Waals surface area contributed by atoms with Gasteiger partial charge in [0.1, 0.15) is 11.6 Å². The van der Waals surface area contributed by atoms with E-state index in [0.717, 1.165) is 16.1 Å². The van der Waals surface area contributed by atoms with Gasteiger partial charge < -0.3 is 14.2 Å². The fraction of sp³-hybridized carbons (Fsp3) is 0.174. The molecular formula is C23H21N5O4S. The molecule has 2 aromatic heterocycles. The molecule has 4 rings (SSSR count). The van der Waals surface area contributed by atoms with E-state index in [1.807, 2.05) is 53.9 Å². The first-order chi connectivity index (χ1) is 16.1. The Labute approximate surface area is 194 Å². The summed E-state index contributed by atoms with van der Waals surface area (Å²) < 4.78 is 17.5. The Morgan fingerprint density at radius 2 is 1.88 bits per heavy atom. The second-order valence-electron chi connectivity index (χ2n) is 6.87. The summed E-state index contributed by atoms with van der Waals surface area (Å²) in [4.78, 5) is 17.5. The van der Waals surface area contributed by atoms with Crippen molar-refractivity contribution < 1.29 is 19.0 Å². The molecule has 168 valence electrons. The van der Waals surface area contributed by atoms with E-state index in [1.54, 1.807) is 27.2 Å². The first kappa shape index (κ1) is 22.2. The average Bonchev–Trinajstić information content (AvgIpc) is 3.50. The van der Waals surface area contributed by atoms with Gasteiger partial charge in [-0.1, -0.05) is 30.3 Å². The number of hydrogen-bond donors (Lipinski definition) is 0. The molecule has 0 amide bonds. The van der Waals surface area contributed by atoms with E-state index >= 15 is 0 Å². The summed E-state index contributed by atoms with van der Waals surface area (Å²) in [5.41, 5.74) is 2.54. The number of aromatic nitrogens is 5. The van der Waals surface area contributed by atoms with E-state index in [4.69, 9.17) is 14.2 Å². The average molecular weight is 464 g/mol. The largest absolute Gasteiger partial charge is 0.493 e. The Bertz CT molecular complexity index is 1280. The number of benzene rings is 2. The summed E-state index contributed by atoms with van der Waals surface area (Å²) in [6, 6.07) is 15.0. The maximum Gasteiger partial charge on any atom is 0.357 e. The van der Waals surface area contributed by atoms with Crippen LogP contribution in [-0.2, 0) is 16.1 Å². The minimum Gasteiger partial charge on any atom is -0.493 e. The number of carbonyl (C=O) groups is 1. The summed E-state index contributed by atoms with van der Waals surface area (Å²) in [5.74, 6) is 1.17. The van der Waals surface area contributed by atoms with Gasteiger partial charge in [-0.25, -0.2) is 9.78 Å². The Kier molecular flexibility index (Phi) is 6.75. The van der Waals surface area contributed by atoms with Crippen LogP contribution >= 0.6 is 11.3 Å². The lowest BCUT2D eigenvalue weighted by Crippen LogP contribution is -2.15. The molecule has 0 unspecified atom stereocenters. The van der Waals surface area contributed by atoms with Crippen molar-refractivity contribution in [2.24, 2.45) is 0 Å². The molecule has 0 aliphatic rings. The van der Waals surface area contributed by atoms with Crippen LogP contribution in [0, 0.1) is 6.92 Å². The molecule has 33 heavy (non-hydrogen) atoms. The summed E-state index contributed by atoms with van der Waals surface area (Å²) in [6.45, 7) is 1.72. The van der Waals surface area contributed by atoms with Gasteiger partial charge in [0.25, 0.3) is 0 Å². The molecule has 0 aliphatic carbocycles. The number of esters is 1. The van der Waals surface area contributed by atoms with Crippen LogP contribution in [0.5, 0.6) is 11.5 Å². The summed E-state index contributed by atoms with van der Waals surface area (Å²) in [7, 11) is 3.17. The number of hydrogen-bond acceptors (Lipinski definition) is 9. The molecule has 0 spiro atoms. The van der Waals surface area contributed by atoms with Crippen LogP contribution in [0.15, 0.2) is 53.9 Å². The van der Waals surface area contributed by atoms with Gasteiger partial charge >= 0.3 is 5.97 Å². The molecule has 0 fully saturated rings. The van der Waals surface area contributed by atoms with E-state index < -0.39 is 5.97 Å². The van der Waals surface area contributed by atoms with Crippen LogP contribution in [-0.4, -0.2) is 45.4 Å². The number of thiazole rings is 1. The van der Waals surface area contributed by atoms with Crippen molar-refractivity contribution in [2.75, 3.05) is 14.2 Å². The number of aryl methyl sites for hydroxylation is 1. The maximum atomic E-state index is 12.9. The Morgan fingerprint density at radius 1 is 1.09 bits per heavy atom. The monoisotopic (exact) mass is 463 g/mol. The third-order valence-electron chi connectivity index (χ3n) is 4.70. The van der Waals surface area contributed by atoms with Gasteiger partial charge in [-0.05, 0) is 47.2 Å². The zero-order valence-electron chi connectivity index (χ0n) is 18.3. The Balaban J connectivity index is 1.51. The first-order valence-electron chi connectivity index (χ1n) is 9.95. The number of methoxy groups -OCH3 is 2. The highest BCUT2D eigenvalue weighted by Gasteiger charge is 2.19. The molecule has 0 aliphatic heterocycles. The number of nitrogens with zero attached hydrogens (tertiary/aromatic N) is 5. The van der Waals surface area contributed by atoms with Gasteiger partial charge in [0.15, 0.2) is 23.0 Å². The lowest BCUT2D eigenvalue weighted by Gasteiger charge is -2.08. The predicted molar refractivity (Wildman–Crippen MR) is 124 cm³/mol. The molecule has 4 aromatic rings. The third-order valence-corrected chi connectivity index (χ3v) is 5.64. The van der Waals surface area contributed by atoms with Crippen LogP contribution in [0.3, 0.4) is 0 Å². The van der Waals surface area contributed by atoms with Gasteiger partial charge in [0, 0.05) is 10.9 Å². The van der Waals surface area contributed by atoms with Crippen molar-refractivity contribution >= 4 is 29.1 Å². The standard InChI is InChI=1S/C23H21N5O4S/c1-15-25-26-27-28(15)19(11-16-7-5-4-6-8-16)23(29)32-13-18-14-33-22(24-18)17-9-10-20(30-2)21(12-17)31-3/h4-12,14H,13H2,1-3H3/b19-11-. The highest BCUT2D eigenvalue weighted by molar-refractivity contribution is 7.13. The molecule has 10 heteroatoms. The van der Waals surface area contributed by atoms with E-state index in [9.17, 15) is 4.79 Å². The van der Waals surface area contributed by atoms with E-state index in [0.29, 0.717) is 23.0 Å². The van der Waals surface area contributed by atoms with Crippen LogP contribution < -0.4 is 9.47 Å². The van der Waals surface area contributed by atoms with Crippen molar-refractivity contribution in [2.45, 2.75) is 13.5 Å². The molecule has 0 atom stereocenters. The van der Waals surface area contributed by atoms with Gasteiger partial charge in [0.2, 0.25) is 0 Å². The van der Waals surface area contributed by atoms with Crippen molar-refractivity contribution in [1.29, 1.82) is 0 Å². The quantitative estimate of drug-likeness (QED) is 0.287. The second-order valence-corrected chi connectivity index (χ2v) is 7.73. The molecule has 9 nitrogen and oxygen atoms in total. The minimum atomic E-state index is -0.560. The number of rotatable bonds is 8. The molecule has 2 heterocycles. The summed E-state index contributed by atoms with van der Waals surface area (Å²) >= 11 is 1.45. The van der Waals surface area contributed by atoms with Crippen molar-refractivity contribution in [3.05, 3.63) is 71.0 Å². The van der Waals surface area contributed by atoms with E-state index in [-0.39, 0.29) is 12.3 Å². The first-order valence-corrected chi connectivity index (χ1v) is 10.8. The van der Waals surface area contributed by atoms with Crippen molar-refractivity contribution in [3.63, 3.8) is 0 Å². The molecule has 2 aromatic carbocycles. The molecule has 0 bridgehead atoms. The summed E-state index contributed by atoms with van der Waals surface area (Å²) in [5, 5.41) is 14.0. The molecular weight excluding hydrogens is 442 g/mol. The van der Waals surface area contributed by atoms with Crippen LogP contribution in [0.25, 0.3) is 22.3 Å². The predicted octanol–water partition coefficient (Wildman–Crippen LogP) is 3.86. The van der Waals surface area contributed by atoms with Gasteiger partial charge in [-0.3, -0.25) is 0 Å². The Morgan fingerprint density at radius 3 is 2.58 bits per heavy atom. The van der Waals surface area contributed by atoms with Crippen LogP contribution in [0.4, 0.5) is 0 Å². The molecule has 0 saturated carbocycles. The number of carbonyl (C=O) groups excluding carboxylic acids is 1. The van der Waals surface area contributed by atoms with Crippen LogP contribution in [0.1, 0.15) is 17.1 Å². The molecule has 0 saturated heterocycles. The Hall–Kier alpha value is -4.05. The number of ether oxygens (including phenoxy) is 3. The zero-order valence-corrected chi connectivity index (χ0v) is 19.1. The topological polar surface area (TPSA) is 101 Å². The normalized spacial score (nSPS) is 11.3. The molecule has 0 N–H and O–H groups in total. The SMILES string of the molecule is COc1ccc(-c2nc(COC(=O)/C(=C/c3ccccc3)n3nnnc3C)cs2)cc1OC. The zero-order chi connectivity index (χ0) is 23.2. The smallest absolute Gasteiger partial charge is 0.357 e. The lowest BCUT2D eigenvalue weighted by molar-refractivity contribution is -0.138. The van der Waals surface area contributed by atoms with Gasteiger partial charge in [0.05, 0.1) is 19.9 Å². The highest BCUT2D eigenvalue weighted by atomic mass is 32.1. The van der Waals surface area contributed by atoms with Gasteiger partial charge in [-0.15, -0.1) is 16.4 Å².